The van der Waals surface area contributed by atoms with Crippen LogP contribution in [0.4, 0.5) is 9.59 Å². The van der Waals surface area contributed by atoms with Gasteiger partial charge in [0.05, 0.1) is 0 Å². The summed E-state index contributed by atoms with van der Waals surface area (Å²) < 4.78 is 31.7. The van der Waals surface area contributed by atoms with Gasteiger partial charge in [0.2, 0.25) is 0 Å². The number of benzene rings is 1. The van der Waals surface area contributed by atoms with Gasteiger partial charge >= 0.3 is 27.6 Å². The van der Waals surface area contributed by atoms with Gasteiger partial charge in [-0.2, -0.15) is 0 Å². The predicted octanol–water partition coefficient (Wildman–Crippen LogP) is -0.909. The molecule has 0 aromatic heterocycles. The van der Waals surface area contributed by atoms with Gasteiger partial charge in [0.1, 0.15) is 37.9 Å². The molecule has 0 aliphatic heterocycles. The molecule has 16 nitrogen and oxygen atoms in total. The van der Waals surface area contributed by atoms with Crippen LogP contribution in [0.2, 0.25) is 0 Å². The van der Waals surface area contributed by atoms with Crippen LogP contribution in [0, 0.1) is 0 Å². The molecule has 0 aliphatic rings. The summed E-state index contributed by atoms with van der Waals surface area (Å²) in [6, 6.07) is 3.91. The molecule has 0 aliphatic carbocycles. The molecule has 8 N–H and O–H groups in total. The van der Waals surface area contributed by atoms with Crippen molar-refractivity contribution in [3.05, 3.63) is 24.3 Å². The lowest BCUT2D eigenvalue weighted by Gasteiger charge is -2.11. The first-order chi connectivity index (χ1) is 13.9. The number of carbonyl (C=O) groups excluding carboxylic acids is 2. The normalized spacial score (nSPS) is 11.3. The van der Waals surface area contributed by atoms with Crippen molar-refractivity contribution in [1.29, 1.82) is 0 Å². The molecule has 0 heterocycles. The molecule has 18 heteroatoms. The van der Waals surface area contributed by atoms with Gasteiger partial charge in [-0.05, 0) is 12.1 Å². The fourth-order valence-corrected chi connectivity index (χ4v) is 2.22. The van der Waals surface area contributed by atoms with Crippen LogP contribution in [0.5, 0.6) is 11.5 Å². The molecule has 0 fully saturated rings. The molecule has 170 valence electrons. The molecule has 1 aromatic rings. The molecule has 0 saturated carbocycles. The second-order valence-electron chi connectivity index (χ2n) is 5.04. The summed E-state index contributed by atoms with van der Waals surface area (Å²) in [5.74, 6) is 0.770. The van der Waals surface area contributed by atoms with Crippen LogP contribution in [-0.4, -0.2) is 58.1 Å². The highest BCUT2D eigenvalue weighted by Crippen LogP contribution is 2.27. The number of nitrogens with one attached hydrogen (secondary N) is 4. The summed E-state index contributed by atoms with van der Waals surface area (Å²) in [5.41, 5.74) is 3.52. The molecule has 0 radical (unpaired) electrons. The van der Waals surface area contributed by atoms with Gasteiger partial charge in [-0.15, -0.1) is 0 Å². The number of urea groups is 2. The lowest BCUT2D eigenvalue weighted by molar-refractivity contribution is 0.0412. The molecule has 30 heavy (non-hydrogen) atoms. The van der Waals surface area contributed by atoms with E-state index >= 15 is 0 Å². The van der Waals surface area contributed by atoms with Crippen LogP contribution < -0.4 is 30.6 Å². The van der Waals surface area contributed by atoms with Gasteiger partial charge in [0.15, 0.2) is 0 Å². The zero-order valence-electron chi connectivity index (χ0n) is 15.1. The van der Waals surface area contributed by atoms with Crippen molar-refractivity contribution in [1.82, 2.24) is 21.1 Å². The second-order valence-corrected chi connectivity index (χ2v) is 7.67. The Morgan fingerprint density at radius 2 is 1.17 bits per heavy atom. The van der Waals surface area contributed by atoms with Crippen molar-refractivity contribution in [2.75, 3.05) is 26.4 Å². The maximum Gasteiger partial charge on any atom is 0.431 e. The minimum Gasteiger partial charge on any atom is -0.491 e. The number of carbonyl (C=O) groups is 2. The molecule has 0 unspecified atom stereocenters. The van der Waals surface area contributed by atoms with E-state index in [4.69, 9.17) is 29.0 Å². The molecule has 1 rings (SSSR count). The molecule has 0 bridgehead atoms. The minimum atomic E-state index is -4.71. The van der Waals surface area contributed by atoms with Gasteiger partial charge in [-0.1, -0.05) is 6.07 Å². The Morgan fingerprint density at radius 1 is 0.767 bits per heavy atom. The quantitative estimate of drug-likeness (QED) is 0.104. The lowest BCUT2D eigenvalue weighted by Crippen LogP contribution is -2.34. The Labute approximate surface area is 169 Å². The average molecular weight is 474 g/mol. The first kappa shape index (κ1) is 25.6. The fourth-order valence-electron chi connectivity index (χ4n) is 1.60. The summed E-state index contributed by atoms with van der Waals surface area (Å²) in [6.45, 7) is -0.283. The van der Waals surface area contributed by atoms with Crippen LogP contribution >= 0.6 is 15.5 Å². The molecule has 0 spiro atoms. The van der Waals surface area contributed by atoms with Crippen molar-refractivity contribution < 1.29 is 57.4 Å². The number of amides is 4. The predicted molar refractivity (Wildman–Crippen MR) is 96.8 cm³/mol. The fraction of sp³-hybridized carbons (Fsp3) is 0.333. The molecule has 0 saturated heterocycles. The Bertz CT molecular complexity index is 736. The third-order valence-corrected chi connectivity index (χ3v) is 3.53. The van der Waals surface area contributed by atoms with E-state index in [1.54, 1.807) is 29.2 Å². The number of hydrogen-bond donors (Lipinski definition) is 8. The third kappa shape index (κ3) is 13.7. The Hall–Kier alpha value is -2.42. The third-order valence-electron chi connectivity index (χ3n) is 2.54. The van der Waals surface area contributed by atoms with Crippen LogP contribution in [0.3, 0.4) is 0 Å². The highest BCUT2D eigenvalue weighted by atomic mass is 31.2. The van der Waals surface area contributed by atoms with Gasteiger partial charge in [0, 0.05) is 6.07 Å². The molecule has 1 aromatic carbocycles. The van der Waals surface area contributed by atoms with Crippen molar-refractivity contribution in [2.24, 2.45) is 0 Å². The number of hydrogen-bond acceptors (Lipinski definition) is 8. The first-order valence-corrected chi connectivity index (χ1v) is 11.0. The van der Waals surface area contributed by atoms with Gasteiger partial charge in [0.25, 0.3) is 0 Å². The standard InChI is InChI=1S/C12H20N4O12P2/c17-11(15-29(19,20)21)13-27-6-4-25-9-2-1-3-10(8-9)26-5-7-28-14-12(18)16-30(22,23)24/h1-3,8H,4-7H2,(H4,13,15,17,19,20,21)(H4,14,16,18,22,23,24). The zero-order valence-corrected chi connectivity index (χ0v) is 16.9. The maximum absolute atomic E-state index is 11.0. The van der Waals surface area contributed by atoms with E-state index < -0.39 is 27.6 Å². The smallest absolute Gasteiger partial charge is 0.431 e. The number of ether oxygens (including phenoxy) is 2. The van der Waals surface area contributed by atoms with Crippen molar-refractivity contribution in [3.63, 3.8) is 0 Å². The van der Waals surface area contributed by atoms with Crippen LogP contribution in [0.1, 0.15) is 0 Å². The largest absolute Gasteiger partial charge is 0.491 e. The summed E-state index contributed by atoms with van der Waals surface area (Å²) in [6.07, 6.45) is 0. The highest BCUT2D eigenvalue weighted by molar-refractivity contribution is 7.50. The van der Waals surface area contributed by atoms with E-state index in [1.807, 2.05) is 0 Å². The van der Waals surface area contributed by atoms with Crippen molar-refractivity contribution >= 4 is 27.6 Å². The van der Waals surface area contributed by atoms with E-state index in [0.717, 1.165) is 0 Å². The van der Waals surface area contributed by atoms with Crippen molar-refractivity contribution in [2.45, 2.75) is 0 Å². The topological polar surface area (TPSA) is 234 Å². The number of hydroxylamine groups is 2. The summed E-state index contributed by atoms with van der Waals surface area (Å²) in [7, 11) is -9.42. The second kappa shape index (κ2) is 12.3. The van der Waals surface area contributed by atoms with Gasteiger partial charge < -0.3 is 29.0 Å². The van der Waals surface area contributed by atoms with Crippen LogP contribution in [0.15, 0.2) is 24.3 Å². The van der Waals surface area contributed by atoms with Crippen LogP contribution in [0.25, 0.3) is 0 Å². The maximum atomic E-state index is 11.0. The molecule has 0 atom stereocenters. The average Bonchev–Trinajstić information content (AvgIpc) is 2.58. The number of rotatable bonds is 12. The van der Waals surface area contributed by atoms with Crippen LogP contribution in [-0.2, 0) is 18.8 Å². The Kier molecular flexibility index (Phi) is 10.5. The first-order valence-electron chi connectivity index (χ1n) is 7.81. The molecular weight excluding hydrogens is 454 g/mol. The van der Waals surface area contributed by atoms with E-state index in [2.05, 4.69) is 9.68 Å². The summed E-state index contributed by atoms with van der Waals surface area (Å²) >= 11 is 0. The zero-order chi connectivity index (χ0) is 22.6. The van der Waals surface area contributed by atoms with E-state index in [1.165, 1.54) is 16.2 Å². The highest BCUT2D eigenvalue weighted by Gasteiger charge is 2.17. The van der Waals surface area contributed by atoms with E-state index in [0.29, 0.717) is 11.5 Å². The van der Waals surface area contributed by atoms with E-state index in [-0.39, 0.29) is 26.4 Å². The lowest BCUT2D eigenvalue weighted by atomic mass is 10.3. The SMILES string of the molecule is O=C(NOCCOc1cccc(OCCONC(=O)NP(=O)(O)O)c1)NP(=O)(O)O. The van der Waals surface area contributed by atoms with Gasteiger partial charge in [-0.3, -0.25) is 9.68 Å². The Morgan fingerprint density at radius 3 is 1.53 bits per heavy atom. The summed E-state index contributed by atoms with van der Waals surface area (Å²) in [5, 5.41) is 2.68. The Balaban J connectivity index is 2.20. The molecular formula is C12H20N4O12P2. The monoisotopic (exact) mass is 474 g/mol. The van der Waals surface area contributed by atoms with Crippen molar-refractivity contribution in [3.8, 4) is 11.5 Å². The minimum absolute atomic E-state index is 0.0125. The van der Waals surface area contributed by atoms with E-state index in [9.17, 15) is 18.7 Å². The van der Waals surface area contributed by atoms with Gasteiger partial charge in [-0.25, -0.2) is 39.9 Å². The summed E-state index contributed by atoms with van der Waals surface area (Å²) in [4.78, 5) is 65.4. The molecule has 4 amide bonds.